The van der Waals surface area contributed by atoms with E-state index >= 15 is 0 Å². The average Bonchev–Trinajstić information content (AvgIpc) is 2.68. The SMILES string of the molecule is C[C@@H](NC(=O)CC(c1ccc(Br)cc1)c1c(O)nc[nH]c1=O)c1ccccc1. The highest BCUT2D eigenvalue weighted by molar-refractivity contribution is 9.10. The van der Waals surface area contributed by atoms with Gasteiger partial charge in [0.25, 0.3) is 5.56 Å². The second-order valence-corrected chi connectivity index (χ2v) is 7.39. The topological polar surface area (TPSA) is 95.1 Å². The van der Waals surface area contributed by atoms with Crippen LogP contribution in [0.1, 0.15) is 42.0 Å². The van der Waals surface area contributed by atoms with Gasteiger partial charge in [0.1, 0.15) is 0 Å². The summed E-state index contributed by atoms with van der Waals surface area (Å²) in [5.74, 6) is -1.24. The van der Waals surface area contributed by atoms with Gasteiger partial charge in [-0.05, 0) is 30.2 Å². The fourth-order valence-electron chi connectivity index (χ4n) is 3.11. The number of H-pyrrole nitrogens is 1. The van der Waals surface area contributed by atoms with Crippen molar-refractivity contribution in [1.82, 2.24) is 15.3 Å². The van der Waals surface area contributed by atoms with E-state index in [0.29, 0.717) is 0 Å². The van der Waals surface area contributed by atoms with Crippen molar-refractivity contribution in [1.29, 1.82) is 0 Å². The van der Waals surface area contributed by atoms with Crippen LogP contribution in [-0.2, 0) is 4.79 Å². The van der Waals surface area contributed by atoms with Gasteiger partial charge in [-0.15, -0.1) is 0 Å². The molecule has 1 unspecified atom stereocenters. The molecule has 3 aromatic rings. The van der Waals surface area contributed by atoms with Crippen molar-refractivity contribution in [2.75, 3.05) is 0 Å². The summed E-state index contributed by atoms with van der Waals surface area (Å²) in [7, 11) is 0. The molecule has 3 N–H and O–H groups in total. The normalized spacial score (nSPS) is 12.9. The van der Waals surface area contributed by atoms with Gasteiger partial charge in [-0.25, -0.2) is 4.98 Å². The molecule has 7 heteroatoms. The van der Waals surface area contributed by atoms with E-state index in [9.17, 15) is 14.7 Å². The lowest BCUT2D eigenvalue weighted by molar-refractivity contribution is -0.121. The molecular formula is C21H20BrN3O3. The van der Waals surface area contributed by atoms with Gasteiger partial charge in [0.2, 0.25) is 11.8 Å². The van der Waals surface area contributed by atoms with E-state index in [2.05, 4.69) is 31.2 Å². The van der Waals surface area contributed by atoms with Gasteiger partial charge in [0.05, 0.1) is 17.9 Å². The Balaban J connectivity index is 1.88. The zero-order valence-electron chi connectivity index (χ0n) is 15.2. The van der Waals surface area contributed by atoms with E-state index in [1.54, 1.807) is 0 Å². The first-order valence-electron chi connectivity index (χ1n) is 8.82. The number of nitrogens with one attached hydrogen (secondary N) is 2. The lowest BCUT2D eigenvalue weighted by atomic mass is 9.89. The summed E-state index contributed by atoms with van der Waals surface area (Å²) in [5.41, 5.74) is 1.33. The predicted octanol–water partition coefficient (Wildman–Crippen LogP) is 3.64. The lowest BCUT2D eigenvalue weighted by Gasteiger charge is -2.20. The highest BCUT2D eigenvalue weighted by Crippen LogP contribution is 2.31. The Morgan fingerprint density at radius 2 is 1.82 bits per heavy atom. The van der Waals surface area contributed by atoms with Gasteiger partial charge in [0, 0.05) is 16.8 Å². The van der Waals surface area contributed by atoms with E-state index in [4.69, 9.17) is 0 Å². The van der Waals surface area contributed by atoms with E-state index in [-0.39, 0.29) is 29.8 Å². The number of aromatic amines is 1. The fraction of sp³-hybridized carbons (Fsp3) is 0.190. The standard InChI is InChI=1S/C21H20BrN3O3/c1-13(14-5-3-2-4-6-14)25-18(26)11-17(15-7-9-16(22)10-8-15)19-20(27)23-12-24-21(19)28/h2-10,12-13,17H,11H2,1H3,(H,25,26)(H2,23,24,27,28)/t13-,17?/m1/s1. The Morgan fingerprint density at radius 1 is 1.14 bits per heavy atom. The van der Waals surface area contributed by atoms with Crippen molar-refractivity contribution >= 4 is 21.8 Å². The second-order valence-electron chi connectivity index (χ2n) is 6.48. The molecule has 3 rings (SSSR count). The summed E-state index contributed by atoms with van der Waals surface area (Å²) in [4.78, 5) is 31.3. The molecule has 6 nitrogen and oxygen atoms in total. The van der Waals surface area contributed by atoms with Gasteiger partial charge >= 0.3 is 0 Å². The molecule has 2 aromatic carbocycles. The van der Waals surface area contributed by atoms with Crippen molar-refractivity contribution in [3.8, 4) is 5.88 Å². The first-order valence-corrected chi connectivity index (χ1v) is 9.61. The smallest absolute Gasteiger partial charge is 0.258 e. The van der Waals surface area contributed by atoms with Crippen LogP contribution in [0.5, 0.6) is 5.88 Å². The van der Waals surface area contributed by atoms with Crippen LogP contribution in [0.2, 0.25) is 0 Å². The molecule has 2 atom stereocenters. The Bertz CT molecular complexity index is 1000. The molecule has 1 heterocycles. The monoisotopic (exact) mass is 441 g/mol. The largest absolute Gasteiger partial charge is 0.493 e. The minimum Gasteiger partial charge on any atom is -0.493 e. The molecule has 0 aliphatic carbocycles. The third-order valence-corrected chi connectivity index (χ3v) is 5.08. The van der Waals surface area contributed by atoms with Crippen molar-refractivity contribution in [2.45, 2.75) is 25.3 Å². The first-order chi connectivity index (χ1) is 13.5. The molecule has 0 aliphatic heterocycles. The number of halogens is 1. The molecule has 0 saturated heterocycles. The number of hydrogen-bond acceptors (Lipinski definition) is 4. The number of hydrogen-bond donors (Lipinski definition) is 3. The van der Waals surface area contributed by atoms with Gasteiger partial charge in [-0.1, -0.05) is 58.4 Å². The van der Waals surface area contributed by atoms with Crippen molar-refractivity contribution in [2.24, 2.45) is 0 Å². The third kappa shape index (κ3) is 4.67. The van der Waals surface area contributed by atoms with Crippen molar-refractivity contribution in [3.63, 3.8) is 0 Å². The summed E-state index contributed by atoms with van der Waals surface area (Å²) in [6.07, 6.45) is 1.14. The summed E-state index contributed by atoms with van der Waals surface area (Å²) >= 11 is 3.38. The molecule has 1 amide bonds. The summed E-state index contributed by atoms with van der Waals surface area (Å²) < 4.78 is 0.876. The summed E-state index contributed by atoms with van der Waals surface area (Å²) in [5, 5.41) is 13.1. The summed E-state index contributed by atoms with van der Waals surface area (Å²) in [6, 6.07) is 16.7. The van der Waals surface area contributed by atoms with E-state index in [0.717, 1.165) is 21.9 Å². The molecule has 0 aliphatic rings. The minimum atomic E-state index is -0.631. The Kier molecular flexibility index (Phi) is 6.26. The van der Waals surface area contributed by atoms with Crippen LogP contribution in [0.25, 0.3) is 0 Å². The highest BCUT2D eigenvalue weighted by atomic mass is 79.9. The van der Waals surface area contributed by atoms with E-state index in [1.165, 1.54) is 0 Å². The number of carbonyl (C=O) groups excluding carboxylic acids is 1. The van der Waals surface area contributed by atoms with E-state index in [1.807, 2.05) is 61.5 Å². The molecule has 0 radical (unpaired) electrons. The second kappa shape index (κ2) is 8.84. The molecule has 0 spiro atoms. The van der Waals surface area contributed by atoms with Gasteiger partial charge in [-0.3, -0.25) is 9.59 Å². The van der Waals surface area contributed by atoms with Gasteiger partial charge in [-0.2, -0.15) is 0 Å². The van der Waals surface area contributed by atoms with Crippen LogP contribution in [0, 0.1) is 0 Å². The average molecular weight is 442 g/mol. The van der Waals surface area contributed by atoms with Crippen LogP contribution < -0.4 is 10.9 Å². The maximum absolute atomic E-state index is 12.7. The number of amides is 1. The Hall–Kier alpha value is -2.93. The molecular weight excluding hydrogens is 422 g/mol. The van der Waals surface area contributed by atoms with E-state index < -0.39 is 11.5 Å². The highest BCUT2D eigenvalue weighted by Gasteiger charge is 2.25. The quantitative estimate of drug-likeness (QED) is 0.543. The van der Waals surface area contributed by atoms with Crippen LogP contribution >= 0.6 is 15.9 Å². The molecule has 1 aromatic heterocycles. The molecule has 0 fully saturated rings. The number of nitrogens with zero attached hydrogens (tertiary/aromatic N) is 1. The first kappa shape index (κ1) is 19.8. The molecule has 0 bridgehead atoms. The third-order valence-electron chi connectivity index (χ3n) is 4.56. The molecule has 144 valence electrons. The van der Waals surface area contributed by atoms with Crippen molar-refractivity contribution in [3.05, 3.63) is 92.4 Å². The Morgan fingerprint density at radius 3 is 2.46 bits per heavy atom. The maximum atomic E-state index is 12.7. The van der Waals surface area contributed by atoms with Crippen LogP contribution in [0.3, 0.4) is 0 Å². The van der Waals surface area contributed by atoms with Crippen molar-refractivity contribution < 1.29 is 9.90 Å². The number of benzene rings is 2. The number of rotatable bonds is 6. The predicted molar refractivity (Wildman–Crippen MR) is 110 cm³/mol. The number of aromatic hydroxyl groups is 1. The van der Waals surface area contributed by atoms with Gasteiger partial charge in [0.15, 0.2) is 0 Å². The zero-order valence-corrected chi connectivity index (χ0v) is 16.8. The molecule has 0 saturated carbocycles. The number of carbonyl (C=O) groups is 1. The minimum absolute atomic E-state index is 0.00113. The molecule has 28 heavy (non-hydrogen) atoms. The maximum Gasteiger partial charge on any atom is 0.258 e. The van der Waals surface area contributed by atoms with Crippen LogP contribution in [0.4, 0.5) is 0 Å². The summed E-state index contributed by atoms with van der Waals surface area (Å²) in [6.45, 7) is 1.90. The van der Waals surface area contributed by atoms with Crippen LogP contribution in [0.15, 0.2) is 70.2 Å². The lowest BCUT2D eigenvalue weighted by Crippen LogP contribution is -2.29. The fourth-order valence-corrected chi connectivity index (χ4v) is 3.37. The van der Waals surface area contributed by atoms with Gasteiger partial charge < -0.3 is 15.4 Å². The number of aromatic nitrogens is 2. The van der Waals surface area contributed by atoms with Crippen LogP contribution in [-0.4, -0.2) is 21.0 Å². The zero-order chi connectivity index (χ0) is 20.1. The Labute approximate surface area is 170 Å².